The molecule has 0 saturated heterocycles. The predicted octanol–water partition coefficient (Wildman–Crippen LogP) is 12.2. The van der Waals surface area contributed by atoms with E-state index < -0.39 is 33.2 Å². The van der Waals surface area contributed by atoms with E-state index in [1.807, 2.05) is 0 Å². The number of hydrogen-bond donors (Lipinski definition) is 3. The van der Waals surface area contributed by atoms with Crippen LogP contribution in [0.2, 0.25) is 0 Å². The van der Waals surface area contributed by atoms with Crippen molar-refractivity contribution in [2.24, 2.45) is 0 Å². The van der Waals surface area contributed by atoms with Gasteiger partial charge in [-0.05, 0) is 51.4 Å². The molecule has 9 nitrogen and oxygen atoms in total. The molecule has 0 fully saturated rings. The molecule has 0 spiro atoms. The summed E-state index contributed by atoms with van der Waals surface area (Å²) in [5.41, 5.74) is 0. The molecule has 10 heteroatoms. The summed E-state index contributed by atoms with van der Waals surface area (Å²) < 4.78 is 33.4. The first-order valence-corrected chi connectivity index (χ1v) is 23.6. The Morgan fingerprint density at radius 3 is 1.56 bits per heavy atom. The summed E-state index contributed by atoms with van der Waals surface area (Å²) in [5.74, 6) is -0.386. The fourth-order valence-corrected chi connectivity index (χ4v) is 6.72. The van der Waals surface area contributed by atoms with Crippen molar-refractivity contribution in [2.45, 2.75) is 199 Å². The van der Waals surface area contributed by atoms with Crippen LogP contribution < -0.4 is 0 Å². The first-order valence-electron chi connectivity index (χ1n) is 22.1. The summed E-state index contributed by atoms with van der Waals surface area (Å²) in [6, 6.07) is 0. The normalized spacial score (nSPS) is 14.5. The van der Waals surface area contributed by atoms with Crippen LogP contribution in [0.25, 0.3) is 0 Å². The van der Waals surface area contributed by atoms with Gasteiger partial charge in [0.1, 0.15) is 12.2 Å². The number of aliphatic hydroxyl groups excluding tert-OH is 2. The van der Waals surface area contributed by atoms with Crippen LogP contribution in [0.4, 0.5) is 0 Å². The maximum Gasteiger partial charge on any atom is 0.472 e. The summed E-state index contributed by atoms with van der Waals surface area (Å²) in [4.78, 5) is 22.5. The molecule has 0 saturated carbocycles. The van der Waals surface area contributed by atoms with Crippen LogP contribution in [-0.4, -0.2) is 66.3 Å². The Balaban J connectivity index is 4.11. The summed E-state index contributed by atoms with van der Waals surface area (Å²) in [5, 5.41) is 18.3. The van der Waals surface area contributed by atoms with E-state index in [1.165, 1.54) is 96.3 Å². The van der Waals surface area contributed by atoms with Crippen molar-refractivity contribution in [3.05, 3.63) is 48.6 Å². The lowest BCUT2D eigenvalue weighted by atomic mass is 10.0. The Morgan fingerprint density at radius 1 is 0.582 bits per heavy atom. The smallest absolute Gasteiger partial charge is 0.457 e. The highest BCUT2D eigenvalue weighted by Gasteiger charge is 2.26. The van der Waals surface area contributed by atoms with Gasteiger partial charge in [-0.15, -0.1) is 0 Å². The third kappa shape index (κ3) is 41.9. The predicted molar refractivity (Wildman–Crippen MR) is 228 cm³/mol. The van der Waals surface area contributed by atoms with Crippen molar-refractivity contribution in [1.29, 1.82) is 0 Å². The fraction of sp³-hybridized carbons (Fsp3) is 0.800. The molecule has 3 N–H and O–H groups in total. The maximum atomic E-state index is 12.6. The number of ether oxygens (including phenoxy) is 2. The van der Waals surface area contributed by atoms with Gasteiger partial charge in [-0.2, -0.15) is 0 Å². The second kappa shape index (κ2) is 42.0. The van der Waals surface area contributed by atoms with E-state index in [4.69, 9.17) is 23.6 Å². The van der Waals surface area contributed by atoms with Crippen LogP contribution in [0.15, 0.2) is 48.6 Å². The van der Waals surface area contributed by atoms with Gasteiger partial charge in [0.2, 0.25) is 0 Å². The van der Waals surface area contributed by atoms with Gasteiger partial charge in [0.15, 0.2) is 0 Å². The molecule has 0 heterocycles. The Bertz CT molecular complexity index is 997. The van der Waals surface area contributed by atoms with E-state index >= 15 is 0 Å². The zero-order valence-electron chi connectivity index (χ0n) is 35.1. The monoisotopic (exact) mass is 799 g/mol. The number of hydrogen-bond acceptors (Lipinski definition) is 8. The van der Waals surface area contributed by atoms with E-state index in [9.17, 15) is 19.4 Å². The summed E-state index contributed by atoms with van der Waals surface area (Å²) in [6.07, 6.45) is 46.4. The molecule has 0 amide bonds. The summed E-state index contributed by atoms with van der Waals surface area (Å²) in [7, 11) is -4.52. The van der Waals surface area contributed by atoms with Crippen molar-refractivity contribution in [3.63, 3.8) is 0 Å². The standard InChI is InChI=1S/C45H83O9P/c1-3-5-7-9-11-13-15-17-18-19-20-21-22-23-24-25-26-28-30-32-34-36-38-51-41-44(42-53-55(49,50)52-40-43(47)39-46)54-45(48)37-35-33-31-29-27-16-14-12-10-8-6-4-2/h5,7,11,13,17-18,20-21,43-44,46-47H,3-4,6,8-10,12,14-16,19,22-42H2,1-2H3,(H,49,50)/b7-5-,13-11-,18-17-,21-20-. The second-order valence-electron chi connectivity index (χ2n) is 14.7. The highest BCUT2D eigenvalue weighted by Crippen LogP contribution is 2.43. The van der Waals surface area contributed by atoms with Gasteiger partial charge >= 0.3 is 13.8 Å². The molecule has 0 aliphatic carbocycles. The van der Waals surface area contributed by atoms with Crippen LogP contribution in [0, 0.1) is 0 Å². The highest BCUT2D eigenvalue weighted by molar-refractivity contribution is 7.47. The van der Waals surface area contributed by atoms with Crippen molar-refractivity contribution < 1.29 is 43.0 Å². The van der Waals surface area contributed by atoms with E-state index in [0.717, 1.165) is 70.6 Å². The van der Waals surface area contributed by atoms with Crippen LogP contribution in [0.3, 0.4) is 0 Å². The minimum Gasteiger partial charge on any atom is -0.457 e. The lowest BCUT2D eigenvalue weighted by Crippen LogP contribution is -2.29. The Hall–Kier alpha value is -1.58. The molecule has 55 heavy (non-hydrogen) atoms. The SMILES string of the molecule is CC/C=C\C/C=C\C/C=C\C/C=C\CCCCCCCCCCCOCC(COP(=O)(O)OCC(O)CO)OC(=O)CCCCCCCCCCCCCC. The first kappa shape index (κ1) is 53.4. The van der Waals surface area contributed by atoms with Gasteiger partial charge in [-0.25, -0.2) is 4.57 Å². The summed E-state index contributed by atoms with van der Waals surface area (Å²) in [6.45, 7) is 3.39. The largest absolute Gasteiger partial charge is 0.472 e. The van der Waals surface area contributed by atoms with Gasteiger partial charge < -0.3 is 24.6 Å². The van der Waals surface area contributed by atoms with Crippen LogP contribution >= 0.6 is 7.82 Å². The van der Waals surface area contributed by atoms with Gasteiger partial charge in [0.05, 0.1) is 26.4 Å². The number of phosphoric ester groups is 1. The van der Waals surface area contributed by atoms with Crippen molar-refractivity contribution in [1.82, 2.24) is 0 Å². The third-order valence-corrected chi connectivity index (χ3v) is 10.2. The first-order chi connectivity index (χ1) is 26.8. The molecule has 0 aromatic heterocycles. The minimum atomic E-state index is -4.52. The summed E-state index contributed by atoms with van der Waals surface area (Å²) >= 11 is 0. The van der Waals surface area contributed by atoms with Gasteiger partial charge in [-0.3, -0.25) is 13.8 Å². The van der Waals surface area contributed by atoms with Gasteiger partial charge in [0, 0.05) is 13.0 Å². The molecule has 3 atom stereocenters. The molecule has 0 radical (unpaired) electrons. The average molecular weight is 799 g/mol. The topological polar surface area (TPSA) is 132 Å². The highest BCUT2D eigenvalue weighted by atomic mass is 31.2. The van der Waals surface area contributed by atoms with Gasteiger partial charge in [-0.1, -0.05) is 178 Å². The molecule has 0 aromatic carbocycles. The molecule has 0 bridgehead atoms. The van der Waals surface area contributed by atoms with E-state index in [2.05, 4.69) is 62.5 Å². The van der Waals surface area contributed by atoms with Crippen LogP contribution in [-0.2, 0) is 27.9 Å². The fourth-order valence-electron chi connectivity index (χ4n) is 5.93. The quantitative estimate of drug-likeness (QED) is 0.0239. The van der Waals surface area contributed by atoms with Crippen molar-refractivity contribution in [2.75, 3.05) is 33.0 Å². The molecule has 0 aliphatic rings. The van der Waals surface area contributed by atoms with Crippen LogP contribution in [0.5, 0.6) is 0 Å². The zero-order valence-corrected chi connectivity index (χ0v) is 36.0. The lowest BCUT2D eigenvalue weighted by molar-refractivity contribution is -0.154. The molecule has 322 valence electrons. The number of phosphoric acid groups is 1. The molecule has 0 rings (SSSR count). The molecule has 0 aliphatic heterocycles. The Labute approximate surface area is 337 Å². The third-order valence-electron chi connectivity index (χ3n) is 9.28. The lowest BCUT2D eigenvalue weighted by Gasteiger charge is -2.20. The average Bonchev–Trinajstić information content (AvgIpc) is 3.18. The number of esters is 1. The zero-order chi connectivity index (χ0) is 40.3. The number of allylic oxidation sites excluding steroid dienone is 8. The maximum absolute atomic E-state index is 12.6. The van der Waals surface area contributed by atoms with Crippen molar-refractivity contribution in [3.8, 4) is 0 Å². The van der Waals surface area contributed by atoms with Crippen LogP contribution in [0.1, 0.15) is 187 Å². The molecule has 0 aromatic rings. The molecular weight excluding hydrogens is 715 g/mol. The molecular formula is C45H83O9P. The van der Waals surface area contributed by atoms with Crippen molar-refractivity contribution >= 4 is 13.8 Å². The number of carbonyl (C=O) groups is 1. The Kier molecular flexibility index (Phi) is 40.8. The van der Waals surface area contributed by atoms with E-state index in [1.54, 1.807) is 0 Å². The molecule has 3 unspecified atom stereocenters. The number of aliphatic hydroxyl groups is 2. The number of rotatable bonds is 42. The number of carbonyl (C=O) groups excluding carboxylic acids is 1. The minimum absolute atomic E-state index is 0.0460. The van der Waals surface area contributed by atoms with E-state index in [-0.39, 0.29) is 25.6 Å². The van der Waals surface area contributed by atoms with Gasteiger partial charge in [0.25, 0.3) is 0 Å². The Morgan fingerprint density at radius 2 is 1.04 bits per heavy atom. The number of unbranched alkanes of at least 4 members (excludes halogenated alkanes) is 20. The van der Waals surface area contributed by atoms with E-state index in [0.29, 0.717) is 6.61 Å². The second-order valence-corrected chi connectivity index (χ2v) is 16.1.